The lowest BCUT2D eigenvalue weighted by molar-refractivity contribution is 0.653. The van der Waals surface area contributed by atoms with Crippen molar-refractivity contribution in [3.8, 4) is 89.1 Å². The molecule has 11 heterocycles. The van der Waals surface area contributed by atoms with Gasteiger partial charge in [0.1, 0.15) is 38.5 Å². The van der Waals surface area contributed by atoms with Crippen molar-refractivity contribution in [2.75, 3.05) is 0 Å². The van der Waals surface area contributed by atoms with Crippen molar-refractivity contribution in [2.45, 2.75) is 0 Å². The van der Waals surface area contributed by atoms with Gasteiger partial charge in [0.15, 0.2) is 10.3 Å². The van der Waals surface area contributed by atoms with Crippen molar-refractivity contribution in [3.05, 3.63) is 420 Å². The molecule has 636 valence electrons. The number of aromatic nitrogens is 12. The highest BCUT2D eigenvalue weighted by molar-refractivity contribution is 7.26. The zero-order valence-electron chi connectivity index (χ0n) is 69.6. The summed E-state index contributed by atoms with van der Waals surface area (Å²) in [5.74, 6) is 0. The molecule has 0 N–H and O–H groups in total. The Hall–Kier alpha value is -14.7. The van der Waals surface area contributed by atoms with Gasteiger partial charge in [0, 0.05) is 96.0 Å². The zero-order valence-corrected chi connectivity index (χ0v) is 76.6. The Bertz CT molecular complexity index is 8820. The smallest absolute Gasteiger partial charge is 0.247 e. The summed E-state index contributed by atoms with van der Waals surface area (Å²) in [6.45, 7) is 0. The number of thiophene rings is 3. The Morgan fingerprint density at radius 3 is 1.26 bits per heavy atom. The van der Waals surface area contributed by atoms with Gasteiger partial charge in [0.2, 0.25) is 26.8 Å². The van der Waals surface area contributed by atoms with E-state index in [1.165, 1.54) is 47.1 Å². The van der Waals surface area contributed by atoms with Gasteiger partial charge >= 0.3 is 0 Å². The summed E-state index contributed by atoms with van der Waals surface area (Å²) in [5, 5.41) is 11.6. The van der Waals surface area contributed by atoms with Gasteiger partial charge in [-0.25, -0.2) is 59.8 Å². The number of fused-ring (bicyclic) bond motifs is 16. The Labute approximate surface area is 801 Å². The number of rotatable bonds is 8. The normalized spacial score (nSPS) is 11.2. The zero-order chi connectivity index (χ0) is 89.8. The maximum atomic E-state index is 6.32. The number of halogens is 6. The van der Waals surface area contributed by atoms with E-state index < -0.39 is 0 Å². The van der Waals surface area contributed by atoms with Crippen molar-refractivity contribution in [1.29, 1.82) is 0 Å². The Kier molecular flexibility index (Phi) is 24.3. The van der Waals surface area contributed by atoms with Crippen LogP contribution in [0, 0.1) is 0 Å². The molecule has 0 radical (unpaired) electrons. The summed E-state index contributed by atoms with van der Waals surface area (Å²) in [6, 6.07) is 129. The molecule has 11 aromatic heterocycles. The molecule has 0 saturated heterocycles. The molecule has 23 heteroatoms. The number of nitrogens with zero attached hydrogens (tertiary/aromatic N) is 12. The lowest BCUT2D eigenvalue weighted by Gasteiger charge is -2.08. The minimum Gasteiger partial charge on any atom is -0.455 e. The van der Waals surface area contributed by atoms with E-state index in [-0.39, 0.29) is 10.6 Å². The van der Waals surface area contributed by atoms with Crippen LogP contribution < -0.4 is 0 Å². The minimum absolute atomic E-state index is 0.233. The molecule has 26 aromatic rings. The van der Waals surface area contributed by atoms with Gasteiger partial charge in [-0.1, -0.05) is 345 Å². The molecule has 0 unspecified atom stereocenters. The summed E-state index contributed by atoms with van der Waals surface area (Å²) in [4.78, 5) is 55.6. The van der Waals surface area contributed by atoms with Crippen molar-refractivity contribution in [1.82, 2.24) is 59.8 Å². The Morgan fingerprint density at radius 2 is 0.624 bits per heavy atom. The molecule has 0 aliphatic carbocycles. The Balaban J connectivity index is 0.0000000963. The maximum Gasteiger partial charge on any atom is 0.247 e. The highest BCUT2D eigenvalue weighted by Crippen LogP contribution is 2.48. The molecule has 14 nitrogen and oxygen atoms in total. The molecular weight excluding hydrogens is 1830 g/mol. The first-order valence-electron chi connectivity index (χ1n) is 42.0. The Morgan fingerprint density at radius 1 is 0.218 bits per heavy atom. The molecule has 133 heavy (non-hydrogen) atoms. The monoisotopic (exact) mass is 1890 g/mol. The van der Waals surface area contributed by atoms with Crippen LogP contribution in [0.4, 0.5) is 0 Å². The van der Waals surface area contributed by atoms with Crippen LogP contribution in [0.1, 0.15) is 0 Å². The quantitative estimate of drug-likeness (QED) is 0.131. The summed E-state index contributed by atoms with van der Waals surface area (Å²) < 4.78 is 16.6. The highest BCUT2D eigenvalue weighted by Gasteiger charge is 2.24. The van der Waals surface area contributed by atoms with E-state index in [2.05, 4.69) is 175 Å². The average Bonchev–Trinajstić information content (AvgIpc) is 1.64. The summed E-state index contributed by atoms with van der Waals surface area (Å²) in [7, 11) is 0. The van der Waals surface area contributed by atoms with Gasteiger partial charge in [-0.2, -0.15) is 0 Å². The minimum atomic E-state index is 0.233. The molecule has 0 spiro atoms. The van der Waals surface area contributed by atoms with Gasteiger partial charge in [-0.05, 0) is 130 Å². The third kappa shape index (κ3) is 17.6. The maximum absolute atomic E-state index is 6.32. The second-order valence-electron chi connectivity index (χ2n) is 30.4. The number of para-hydroxylation sites is 7. The fraction of sp³-hybridized carbons (Fsp3) is 0. The van der Waals surface area contributed by atoms with Crippen LogP contribution in [0.2, 0.25) is 31.4 Å². The second-order valence-corrected chi connectivity index (χ2v) is 35.6. The third-order valence-corrected chi connectivity index (χ3v) is 26.8. The summed E-state index contributed by atoms with van der Waals surface area (Å²) in [6.07, 6.45) is 0. The number of hydrogen-bond acceptors (Lipinski definition) is 17. The molecular formula is C110H64Cl6N12O2S3. The number of furan rings is 2. The van der Waals surface area contributed by atoms with Gasteiger partial charge in [0.05, 0.1) is 59.9 Å². The lowest BCUT2D eigenvalue weighted by atomic mass is 9.99. The number of benzene rings is 15. The number of hydrogen-bond donors (Lipinski definition) is 0. The van der Waals surface area contributed by atoms with Crippen LogP contribution in [-0.2, 0) is 0 Å². The van der Waals surface area contributed by atoms with E-state index in [4.69, 9.17) is 78.4 Å². The first kappa shape index (κ1) is 85.1. The summed E-state index contributed by atoms with van der Waals surface area (Å²) in [5.41, 5.74) is 22.4. The van der Waals surface area contributed by atoms with Crippen LogP contribution in [0.15, 0.2) is 397 Å². The van der Waals surface area contributed by atoms with Crippen LogP contribution in [-0.4, -0.2) is 59.8 Å². The fourth-order valence-corrected chi connectivity index (χ4v) is 20.8. The van der Waals surface area contributed by atoms with Gasteiger partial charge in [0.25, 0.3) is 0 Å². The molecule has 0 aliphatic heterocycles. The van der Waals surface area contributed by atoms with Crippen LogP contribution in [0.25, 0.3) is 217 Å². The topological polar surface area (TPSA) is 181 Å². The van der Waals surface area contributed by atoms with Crippen LogP contribution in [0.3, 0.4) is 0 Å². The molecule has 0 aliphatic rings. The molecule has 0 amide bonds. The van der Waals surface area contributed by atoms with Gasteiger partial charge in [-0.15, -0.1) is 34.0 Å². The standard InChI is InChI=1S/C22H13ClN2S.C20H11ClN2O.C20H13ClN2.C16H9ClN2O.2C16H9ClN2S/c23-22-24-17-12-6-4-10-15(17)20(25-22)21-19(14-8-2-1-3-9-14)16-11-5-7-13-18(16)26-21;21-20-22-16-10-3-1-7-14(16)18(23-20)15-9-5-8-13-12-6-2-4-11-17(12)24-19(13)15;21-20-19(22-17-8-4-5-9-18(17)23-20)16-12-10-15(11-13-16)14-6-2-1-3-7-14;17-15-13(10-6-2-1-3-7-10)19-16-14(18-15)11-8-4-5-9-12(11)20-16;17-16-18-14(10-6-2-1-3-7-10)13-11-8-4-5-9-12(11)20-15(13)19-16;17-16-18-13(10-6-2-1-3-7-10)15-14(19-16)11-8-4-5-9-12(11)20-15/h1-13H;1-11H;1-13H;3*1-9H. The van der Waals surface area contributed by atoms with Crippen molar-refractivity contribution < 1.29 is 8.83 Å². The van der Waals surface area contributed by atoms with Crippen molar-refractivity contribution >= 4 is 231 Å². The first-order valence-corrected chi connectivity index (χ1v) is 46.7. The fourth-order valence-electron chi connectivity index (χ4n) is 16.2. The molecule has 0 fully saturated rings. The molecule has 0 bridgehead atoms. The molecule has 26 rings (SSSR count). The predicted octanol–water partition coefficient (Wildman–Crippen LogP) is 33.3. The van der Waals surface area contributed by atoms with E-state index in [9.17, 15) is 0 Å². The largest absolute Gasteiger partial charge is 0.455 e. The molecule has 0 atom stereocenters. The third-order valence-electron chi connectivity index (χ3n) is 22.2. The highest BCUT2D eigenvalue weighted by atomic mass is 35.5. The van der Waals surface area contributed by atoms with Gasteiger partial charge < -0.3 is 8.83 Å². The predicted molar refractivity (Wildman–Crippen MR) is 554 cm³/mol. The second kappa shape index (κ2) is 38.0. The van der Waals surface area contributed by atoms with Crippen LogP contribution >= 0.6 is 104 Å². The summed E-state index contributed by atoms with van der Waals surface area (Å²) >= 11 is 42.3. The lowest BCUT2D eigenvalue weighted by Crippen LogP contribution is -1.91. The van der Waals surface area contributed by atoms with E-state index in [1.807, 2.05) is 273 Å². The SMILES string of the molecule is Clc1nc(-c2cccc3c2oc2ccccc23)c2ccccc2n1.Clc1nc(-c2ccccc2)c2c(n1)sc1ccccc12.Clc1nc(-c2ccccc2)c2sc3ccccc3c2n1.Clc1nc(-c2sc3ccccc3c2-c2ccccc2)c2ccccc2n1.Clc1nc2c(nc1-c1ccccc1)oc1ccccc12.Clc1nc2ccccc2nc1-c1ccc(-c2ccccc2)cc1. The van der Waals surface area contributed by atoms with E-state index in [0.29, 0.717) is 43.5 Å². The molecule has 0 saturated carbocycles. The van der Waals surface area contributed by atoms with Crippen molar-refractivity contribution in [2.24, 2.45) is 0 Å². The van der Waals surface area contributed by atoms with Crippen molar-refractivity contribution in [3.63, 3.8) is 0 Å². The molecule has 15 aromatic carbocycles. The first-order chi connectivity index (χ1) is 65.4. The van der Waals surface area contributed by atoms with Gasteiger partial charge in [-0.3, -0.25) is 0 Å². The average molecular weight is 1890 g/mol. The van der Waals surface area contributed by atoms with Crippen LogP contribution in [0.5, 0.6) is 0 Å². The van der Waals surface area contributed by atoms with E-state index >= 15 is 0 Å². The van der Waals surface area contributed by atoms with E-state index in [0.717, 1.165) is 147 Å². The van der Waals surface area contributed by atoms with E-state index in [1.54, 1.807) is 34.0 Å².